The van der Waals surface area contributed by atoms with Gasteiger partial charge < -0.3 is 10.0 Å². The molecule has 6 heteroatoms. The second-order valence-electron chi connectivity index (χ2n) is 5.16. The molecule has 108 valence electrons. The summed E-state index contributed by atoms with van der Waals surface area (Å²) in [7, 11) is 0. The summed E-state index contributed by atoms with van der Waals surface area (Å²) in [6.07, 6.45) is 3.25. The first-order chi connectivity index (χ1) is 9.47. The van der Waals surface area contributed by atoms with Crippen LogP contribution in [-0.2, 0) is 4.79 Å². The van der Waals surface area contributed by atoms with Gasteiger partial charge in [-0.1, -0.05) is 11.6 Å². The minimum atomic E-state index is -0.820. The van der Waals surface area contributed by atoms with Crippen molar-refractivity contribution < 1.29 is 14.7 Å². The van der Waals surface area contributed by atoms with Crippen LogP contribution in [0.1, 0.15) is 35.3 Å². The smallest absolute Gasteiger partial charge is 0.303 e. The van der Waals surface area contributed by atoms with Gasteiger partial charge in [0.15, 0.2) is 0 Å². The second-order valence-corrected chi connectivity index (χ2v) is 5.57. The van der Waals surface area contributed by atoms with Crippen molar-refractivity contribution >= 4 is 23.5 Å². The highest BCUT2D eigenvalue weighted by Gasteiger charge is 2.27. The predicted molar refractivity (Wildman–Crippen MR) is 74.9 cm³/mol. The van der Waals surface area contributed by atoms with Crippen molar-refractivity contribution in [1.82, 2.24) is 9.88 Å². The molecular weight excluding hydrogens is 280 g/mol. The molecule has 2 rings (SSSR count). The second kappa shape index (κ2) is 6.22. The SMILES string of the molecule is Cc1cc(Cl)c(C(=O)N2CCCC(CC(=O)O)C2)cn1. The van der Waals surface area contributed by atoms with E-state index >= 15 is 0 Å². The number of carboxylic acid groups (broad SMARTS) is 1. The summed E-state index contributed by atoms with van der Waals surface area (Å²) in [6, 6.07) is 1.66. The molecule has 0 saturated carbocycles. The van der Waals surface area contributed by atoms with Crippen LogP contribution in [0.4, 0.5) is 0 Å². The topological polar surface area (TPSA) is 70.5 Å². The lowest BCUT2D eigenvalue weighted by molar-refractivity contribution is -0.138. The maximum Gasteiger partial charge on any atom is 0.303 e. The van der Waals surface area contributed by atoms with Gasteiger partial charge in [-0.25, -0.2) is 0 Å². The third kappa shape index (κ3) is 3.48. The Morgan fingerprint density at radius 2 is 2.30 bits per heavy atom. The molecule has 1 aromatic rings. The fraction of sp³-hybridized carbons (Fsp3) is 0.500. The number of carbonyl (C=O) groups excluding carboxylic acids is 1. The number of rotatable bonds is 3. The zero-order valence-corrected chi connectivity index (χ0v) is 12.1. The van der Waals surface area contributed by atoms with Gasteiger partial charge in [0.2, 0.25) is 0 Å². The molecule has 1 atom stereocenters. The van der Waals surface area contributed by atoms with Crippen LogP contribution in [0.2, 0.25) is 5.02 Å². The highest BCUT2D eigenvalue weighted by molar-refractivity contribution is 6.33. The average Bonchev–Trinajstić information content (AvgIpc) is 2.37. The van der Waals surface area contributed by atoms with E-state index in [2.05, 4.69) is 4.98 Å². The molecule has 0 aromatic carbocycles. The van der Waals surface area contributed by atoms with Gasteiger partial charge in [0.1, 0.15) is 0 Å². The van der Waals surface area contributed by atoms with E-state index in [1.807, 2.05) is 6.92 Å². The van der Waals surface area contributed by atoms with Crippen molar-refractivity contribution in [3.05, 3.63) is 28.5 Å². The molecular formula is C14H17ClN2O3. The van der Waals surface area contributed by atoms with Crippen molar-refractivity contribution in [3.63, 3.8) is 0 Å². The number of amides is 1. The number of carbonyl (C=O) groups is 2. The van der Waals surface area contributed by atoms with E-state index in [0.29, 0.717) is 23.7 Å². The van der Waals surface area contributed by atoms with Crippen LogP contribution in [0.3, 0.4) is 0 Å². The van der Waals surface area contributed by atoms with Crippen molar-refractivity contribution in [1.29, 1.82) is 0 Å². The summed E-state index contributed by atoms with van der Waals surface area (Å²) in [5.41, 5.74) is 1.14. The molecule has 0 spiro atoms. The van der Waals surface area contributed by atoms with Crippen LogP contribution in [-0.4, -0.2) is 40.0 Å². The summed E-state index contributed by atoms with van der Waals surface area (Å²) >= 11 is 6.08. The van der Waals surface area contributed by atoms with Gasteiger partial charge >= 0.3 is 5.97 Å². The van der Waals surface area contributed by atoms with Crippen LogP contribution in [0.5, 0.6) is 0 Å². The summed E-state index contributed by atoms with van der Waals surface area (Å²) in [5, 5.41) is 9.24. The Labute approximate surface area is 122 Å². The van der Waals surface area contributed by atoms with Crippen LogP contribution in [0.25, 0.3) is 0 Å². The largest absolute Gasteiger partial charge is 0.481 e. The average molecular weight is 297 g/mol. The van der Waals surface area contributed by atoms with E-state index in [1.165, 1.54) is 6.20 Å². The summed E-state index contributed by atoms with van der Waals surface area (Å²) in [4.78, 5) is 29.0. The molecule has 1 aromatic heterocycles. The first-order valence-electron chi connectivity index (χ1n) is 6.60. The normalized spacial score (nSPS) is 18.9. The highest BCUT2D eigenvalue weighted by atomic mass is 35.5. The number of hydrogen-bond donors (Lipinski definition) is 1. The number of aromatic nitrogens is 1. The van der Waals surface area contributed by atoms with E-state index < -0.39 is 5.97 Å². The van der Waals surface area contributed by atoms with E-state index in [1.54, 1.807) is 11.0 Å². The lowest BCUT2D eigenvalue weighted by atomic mass is 9.94. The number of nitrogens with zero attached hydrogens (tertiary/aromatic N) is 2. The van der Waals surface area contributed by atoms with E-state index in [-0.39, 0.29) is 18.2 Å². The Hall–Kier alpha value is -1.62. The number of piperidine rings is 1. The molecule has 1 saturated heterocycles. The molecule has 1 aliphatic rings. The molecule has 0 radical (unpaired) electrons. The zero-order valence-electron chi connectivity index (χ0n) is 11.3. The Bertz CT molecular complexity index is 533. The van der Waals surface area contributed by atoms with Gasteiger partial charge in [-0.3, -0.25) is 14.6 Å². The monoisotopic (exact) mass is 296 g/mol. The quantitative estimate of drug-likeness (QED) is 0.929. The Balaban J connectivity index is 2.10. The number of halogens is 1. The standard InChI is InChI=1S/C14H17ClN2O3/c1-9-5-12(15)11(7-16-9)14(20)17-4-2-3-10(8-17)6-13(18)19/h5,7,10H,2-4,6,8H2,1H3,(H,18,19). The third-order valence-corrected chi connectivity index (χ3v) is 3.80. The molecule has 1 aliphatic heterocycles. The first kappa shape index (κ1) is 14.8. The van der Waals surface area contributed by atoms with Crippen LogP contribution < -0.4 is 0 Å². The van der Waals surface area contributed by atoms with Gasteiger partial charge in [0, 0.05) is 31.4 Å². The summed E-state index contributed by atoms with van der Waals surface area (Å²) < 4.78 is 0. The Morgan fingerprint density at radius 1 is 1.55 bits per heavy atom. The predicted octanol–water partition coefficient (Wildman–Crippen LogP) is 2.37. The van der Waals surface area contributed by atoms with Gasteiger partial charge in [0.25, 0.3) is 5.91 Å². The number of pyridine rings is 1. The maximum absolute atomic E-state index is 12.4. The van der Waals surface area contributed by atoms with Gasteiger partial charge in [-0.15, -0.1) is 0 Å². The van der Waals surface area contributed by atoms with Crippen LogP contribution in [0, 0.1) is 12.8 Å². The van der Waals surface area contributed by atoms with Crippen LogP contribution in [0.15, 0.2) is 12.3 Å². The Kier molecular flexibility index (Phi) is 4.60. The summed E-state index contributed by atoms with van der Waals surface area (Å²) in [5.74, 6) is -0.973. The number of aryl methyl sites for hydroxylation is 1. The fourth-order valence-corrected chi connectivity index (χ4v) is 2.80. The highest BCUT2D eigenvalue weighted by Crippen LogP contribution is 2.23. The van der Waals surface area contributed by atoms with Gasteiger partial charge in [0.05, 0.1) is 10.6 Å². The van der Waals surface area contributed by atoms with E-state index in [4.69, 9.17) is 16.7 Å². The Morgan fingerprint density at radius 3 is 2.95 bits per heavy atom. The molecule has 0 aliphatic carbocycles. The van der Waals surface area contributed by atoms with Crippen molar-refractivity contribution in [2.45, 2.75) is 26.2 Å². The van der Waals surface area contributed by atoms with Crippen LogP contribution >= 0.6 is 11.6 Å². The number of aliphatic carboxylic acids is 1. The minimum absolute atomic E-state index is 0.0161. The molecule has 5 nitrogen and oxygen atoms in total. The van der Waals surface area contributed by atoms with Crippen molar-refractivity contribution in [2.24, 2.45) is 5.92 Å². The van der Waals surface area contributed by atoms with E-state index in [9.17, 15) is 9.59 Å². The van der Waals surface area contributed by atoms with Crippen molar-refractivity contribution in [3.8, 4) is 0 Å². The minimum Gasteiger partial charge on any atom is -0.481 e. The van der Waals surface area contributed by atoms with Gasteiger partial charge in [-0.2, -0.15) is 0 Å². The maximum atomic E-state index is 12.4. The molecule has 1 N–H and O–H groups in total. The molecule has 1 unspecified atom stereocenters. The van der Waals surface area contributed by atoms with E-state index in [0.717, 1.165) is 18.5 Å². The fourth-order valence-electron chi connectivity index (χ4n) is 2.52. The number of carboxylic acids is 1. The molecule has 0 bridgehead atoms. The first-order valence-corrected chi connectivity index (χ1v) is 6.98. The van der Waals surface area contributed by atoms with Gasteiger partial charge in [-0.05, 0) is 31.7 Å². The number of likely N-dealkylation sites (tertiary alicyclic amines) is 1. The molecule has 20 heavy (non-hydrogen) atoms. The molecule has 2 heterocycles. The summed E-state index contributed by atoms with van der Waals surface area (Å²) in [6.45, 7) is 2.92. The third-order valence-electron chi connectivity index (χ3n) is 3.49. The lowest BCUT2D eigenvalue weighted by Crippen LogP contribution is -2.40. The molecule has 1 fully saturated rings. The number of hydrogen-bond acceptors (Lipinski definition) is 3. The van der Waals surface area contributed by atoms with Crippen molar-refractivity contribution in [2.75, 3.05) is 13.1 Å². The lowest BCUT2D eigenvalue weighted by Gasteiger charge is -2.32. The zero-order chi connectivity index (χ0) is 14.7. The molecule has 1 amide bonds.